The topological polar surface area (TPSA) is 47.0 Å². The van der Waals surface area contributed by atoms with Crippen LogP contribution in [0.5, 0.6) is 5.75 Å². The van der Waals surface area contributed by atoms with E-state index < -0.39 is 11.1 Å². The molecule has 0 amide bonds. The van der Waals surface area contributed by atoms with Crippen LogP contribution in [0.2, 0.25) is 0 Å². The highest BCUT2D eigenvalue weighted by molar-refractivity contribution is 7.14. The average Bonchev–Trinajstić information content (AvgIpc) is 3.37. The first-order chi connectivity index (χ1) is 15.9. The summed E-state index contributed by atoms with van der Waals surface area (Å²) < 4.78 is 49.4. The van der Waals surface area contributed by atoms with Gasteiger partial charge in [0.05, 0.1) is 5.56 Å². The molecule has 0 bridgehead atoms. The summed E-state index contributed by atoms with van der Waals surface area (Å²) in [5, 5.41) is 2.72. The number of thiazole rings is 1. The number of ether oxygens (including phenoxy) is 1. The van der Waals surface area contributed by atoms with E-state index in [-0.39, 0.29) is 28.2 Å². The third-order valence-corrected chi connectivity index (χ3v) is 6.29. The predicted molar refractivity (Wildman–Crippen MR) is 123 cm³/mol. The van der Waals surface area contributed by atoms with E-state index in [1.165, 1.54) is 29.5 Å². The number of rotatable bonds is 6. The standard InChI is InChI=1S/C25H20F3N3OS/c1-25(27,28)20-13-18(30-24-31-22(23(26)33-24)17-7-4-10-29-14-17)8-9-21(20)32-19-11-15-5-2-3-6-16(15)12-19/h2-10,13-14,19H,11-12H2,1H3,(H,30,31). The number of benzene rings is 2. The van der Waals surface area contributed by atoms with Gasteiger partial charge in [-0.2, -0.15) is 4.39 Å². The van der Waals surface area contributed by atoms with E-state index in [1.807, 2.05) is 24.3 Å². The molecule has 2 aromatic carbocycles. The predicted octanol–water partition coefficient (Wildman–Crippen LogP) is 6.75. The van der Waals surface area contributed by atoms with Crippen molar-refractivity contribution >= 4 is 22.2 Å². The fraction of sp³-hybridized carbons (Fsp3) is 0.200. The summed E-state index contributed by atoms with van der Waals surface area (Å²) in [4.78, 5) is 8.25. The van der Waals surface area contributed by atoms with E-state index in [4.69, 9.17) is 4.74 Å². The van der Waals surface area contributed by atoms with Crippen molar-refractivity contribution in [2.75, 3.05) is 5.32 Å². The summed E-state index contributed by atoms with van der Waals surface area (Å²) in [5.41, 5.74) is 3.22. The smallest absolute Gasteiger partial charge is 0.274 e. The van der Waals surface area contributed by atoms with Gasteiger partial charge in [0.1, 0.15) is 17.5 Å². The minimum absolute atomic E-state index is 0.146. The molecule has 0 aliphatic heterocycles. The summed E-state index contributed by atoms with van der Waals surface area (Å²) in [6.45, 7) is 0.839. The average molecular weight is 468 g/mol. The molecule has 2 heterocycles. The van der Waals surface area contributed by atoms with Gasteiger partial charge < -0.3 is 10.1 Å². The molecular weight excluding hydrogens is 447 g/mol. The van der Waals surface area contributed by atoms with E-state index in [0.717, 1.165) is 18.3 Å². The summed E-state index contributed by atoms with van der Waals surface area (Å²) in [5.74, 6) is -2.97. The maximum absolute atomic E-state index is 14.5. The summed E-state index contributed by atoms with van der Waals surface area (Å²) in [6, 6.07) is 15.9. The van der Waals surface area contributed by atoms with Gasteiger partial charge in [0, 0.05) is 43.4 Å². The number of anilines is 2. The van der Waals surface area contributed by atoms with Crippen LogP contribution in [0, 0.1) is 5.13 Å². The Kier molecular flexibility index (Phi) is 5.54. The highest BCUT2D eigenvalue weighted by Crippen LogP contribution is 2.39. The Bertz CT molecular complexity index is 1260. The fourth-order valence-electron chi connectivity index (χ4n) is 3.99. The molecule has 0 unspecified atom stereocenters. The largest absolute Gasteiger partial charge is 0.489 e. The Balaban J connectivity index is 1.38. The lowest BCUT2D eigenvalue weighted by molar-refractivity contribution is 0.0133. The molecular formula is C25H20F3N3OS. The third kappa shape index (κ3) is 4.57. The molecule has 4 aromatic rings. The van der Waals surface area contributed by atoms with Crippen molar-refractivity contribution < 1.29 is 17.9 Å². The fourth-order valence-corrected chi connectivity index (χ4v) is 4.73. The monoisotopic (exact) mass is 467 g/mol. The van der Waals surface area contributed by atoms with Crippen molar-refractivity contribution in [3.05, 3.63) is 88.8 Å². The summed E-state index contributed by atoms with van der Waals surface area (Å²) in [6.07, 6.45) is 4.27. The Labute approximate surface area is 193 Å². The molecule has 168 valence electrons. The zero-order valence-electron chi connectivity index (χ0n) is 17.7. The Morgan fingerprint density at radius 1 is 1.06 bits per heavy atom. The van der Waals surface area contributed by atoms with Gasteiger partial charge in [-0.25, -0.2) is 13.8 Å². The van der Waals surface area contributed by atoms with Crippen LogP contribution < -0.4 is 10.1 Å². The van der Waals surface area contributed by atoms with Gasteiger partial charge in [-0.1, -0.05) is 35.6 Å². The molecule has 4 nitrogen and oxygen atoms in total. The number of alkyl halides is 2. The Morgan fingerprint density at radius 2 is 1.82 bits per heavy atom. The van der Waals surface area contributed by atoms with Crippen molar-refractivity contribution in [3.8, 4) is 17.0 Å². The number of fused-ring (bicyclic) bond motifs is 1. The molecule has 33 heavy (non-hydrogen) atoms. The molecule has 5 rings (SSSR count). The Morgan fingerprint density at radius 3 is 2.48 bits per heavy atom. The normalized spacial score (nSPS) is 13.7. The van der Waals surface area contributed by atoms with Crippen LogP contribution in [0.25, 0.3) is 11.3 Å². The van der Waals surface area contributed by atoms with Crippen molar-refractivity contribution in [1.82, 2.24) is 9.97 Å². The number of nitrogens with one attached hydrogen (secondary N) is 1. The van der Waals surface area contributed by atoms with Gasteiger partial charge in [-0.3, -0.25) is 4.98 Å². The van der Waals surface area contributed by atoms with Gasteiger partial charge in [-0.05, 0) is 41.5 Å². The van der Waals surface area contributed by atoms with Gasteiger partial charge in [0.2, 0.25) is 5.13 Å². The molecule has 0 atom stereocenters. The van der Waals surface area contributed by atoms with Gasteiger partial charge >= 0.3 is 0 Å². The first-order valence-electron chi connectivity index (χ1n) is 10.5. The molecule has 0 spiro atoms. The van der Waals surface area contributed by atoms with E-state index >= 15 is 0 Å². The maximum atomic E-state index is 14.5. The number of hydrogen-bond donors (Lipinski definition) is 1. The second kappa shape index (κ2) is 8.51. The lowest BCUT2D eigenvalue weighted by Gasteiger charge is -2.21. The van der Waals surface area contributed by atoms with Crippen LogP contribution >= 0.6 is 11.3 Å². The van der Waals surface area contributed by atoms with E-state index in [0.29, 0.717) is 24.1 Å². The minimum Gasteiger partial charge on any atom is -0.489 e. The molecule has 0 saturated carbocycles. The van der Waals surface area contributed by atoms with Crippen LogP contribution in [0.15, 0.2) is 67.0 Å². The highest BCUT2D eigenvalue weighted by Gasteiger charge is 2.31. The molecule has 0 radical (unpaired) electrons. The summed E-state index contributed by atoms with van der Waals surface area (Å²) >= 11 is 0.805. The lowest BCUT2D eigenvalue weighted by atomic mass is 10.1. The molecule has 1 N–H and O–H groups in total. The number of hydrogen-bond acceptors (Lipinski definition) is 5. The molecule has 1 aliphatic rings. The number of aromatic nitrogens is 2. The lowest BCUT2D eigenvalue weighted by Crippen LogP contribution is -2.19. The number of pyridine rings is 1. The first kappa shape index (κ1) is 21.5. The maximum Gasteiger partial charge on any atom is 0.274 e. The van der Waals surface area contributed by atoms with Gasteiger partial charge in [0.25, 0.3) is 5.92 Å². The highest BCUT2D eigenvalue weighted by atomic mass is 32.1. The van der Waals surface area contributed by atoms with Crippen molar-refractivity contribution in [2.24, 2.45) is 0 Å². The van der Waals surface area contributed by atoms with Gasteiger partial charge in [-0.15, -0.1) is 0 Å². The second-order valence-corrected chi connectivity index (χ2v) is 8.97. The molecule has 0 saturated heterocycles. The van der Waals surface area contributed by atoms with E-state index in [9.17, 15) is 13.2 Å². The van der Waals surface area contributed by atoms with Crippen molar-refractivity contribution in [2.45, 2.75) is 31.8 Å². The first-order valence-corrected chi connectivity index (χ1v) is 11.3. The van der Waals surface area contributed by atoms with Crippen LogP contribution in [-0.4, -0.2) is 16.1 Å². The van der Waals surface area contributed by atoms with Gasteiger partial charge in [0.15, 0.2) is 5.13 Å². The quantitative estimate of drug-likeness (QED) is 0.341. The summed E-state index contributed by atoms with van der Waals surface area (Å²) in [7, 11) is 0. The second-order valence-electron chi connectivity index (χ2n) is 8.02. The van der Waals surface area contributed by atoms with E-state index in [1.54, 1.807) is 24.4 Å². The van der Waals surface area contributed by atoms with E-state index in [2.05, 4.69) is 15.3 Å². The molecule has 8 heteroatoms. The van der Waals surface area contributed by atoms with Crippen LogP contribution in [0.1, 0.15) is 23.6 Å². The van der Waals surface area contributed by atoms with Crippen LogP contribution in [0.4, 0.5) is 24.0 Å². The van der Waals surface area contributed by atoms with Crippen LogP contribution in [0.3, 0.4) is 0 Å². The third-order valence-electron chi connectivity index (χ3n) is 5.53. The molecule has 0 fully saturated rings. The SMILES string of the molecule is CC(F)(F)c1cc(Nc2nc(-c3cccnc3)c(F)s2)ccc1OC1Cc2ccccc2C1. The minimum atomic E-state index is -3.12. The van der Waals surface area contributed by atoms with Crippen LogP contribution in [-0.2, 0) is 18.8 Å². The van der Waals surface area contributed by atoms with Crippen molar-refractivity contribution in [3.63, 3.8) is 0 Å². The zero-order chi connectivity index (χ0) is 23.0. The molecule has 1 aliphatic carbocycles. The number of halogens is 3. The zero-order valence-corrected chi connectivity index (χ0v) is 18.5. The molecule has 2 aromatic heterocycles. The Hall–Kier alpha value is -3.39. The van der Waals surface area contributed by atoms with Crippen molar-refractivity contribution in [1.29, 1.82) is 0 Å². The number of nitrogens with zero attached hydrogens (tertiary/aromatic N) is 2.